The summed E-state index contributed by atoms with van der Waals surface area (Å²) < 4.78 is 1.92. The molecule has 0 unspecified atom stereocenters. The van der Waals surface area contributed by atoms with Crippen LogP contribution < -0.4 is 5.32 Å². The Morgan fingerprint density at radius 2 is 2.04 bits per heavy atom. The lowest BCUT2D eigenvalue weighted by Gasteiger charge is -2.36. The number of rotatable bonds is 7. The molecule has 1 N–H and O–H groups in total. The van der Waals surface area contributed by atoms with Crippen LogP contribution in [0.25, 0.3) is 0 Å². The van der Waals surface area contributed by atoms with Gasteiger partial charge in [-0.15, -0.1) is 0 Å². The number of hydrogen-bond acceptors (Lipinski definition) is 3. The second-order valence-corrected chi connectivity index (χ2v) is 7.17. The third kappa shape index (κ3) is 5.42. The van der Waals surface area contributed by atoms with Gasteiger partial charge in [0.15, 0.2) is 0 Å². The van der Waals surface area contributed by atoms with Gasteiger partial charge in [0.2, 0.25) is 5.91 Å². The van der Waals surface area contributed by atoms with Gasteiger partial charge in [-0.3, -0.25) is 14.3 Å². The Bertz CT molecular complexity index is 740. The molecule has 144 valence electrons. The smallest absolute Gasteiger partial charge is 0.251 e. The fourth-order valence-electron chi connectivity index (χ4n) is 3.58. The minimum atomic E-state index is -0.128. The number of benzene rings is 1. The van der Waals surface area contributed by atoms with Crippen molar-refractivity contribution in [1.29, 1.82) is 0 Å². The maximum Gasteiger partial charge on any atom is 0.251 e. The first kappa shape index (κ1) is 19.1. The van der Waals surface area contributed by atoms with Crippen LogP contribution in [-0.2, 0) is 11.3 Å². The molecule has 6 heteroatoms. The average molecular weight is 368 g/mol. The zero-order valence-corrected chi connectivity index (χ0v) is 15.9. The van der Waals surface area contributed by atoms with Crippen molar-refractivity contribution in [2.75, 3.05) is 13.1 Å². The Kier molecular flexibility index (Phi) is 6.63. The molecule has 1 saturated heterocycles. The van der Waals surface area contributed by atoms with E-state index in [1.807, 2.05) is 53.0 Å². The molecule has 0 saturated carbocycles. The molecule has 2 aromatic rings. The number of piperidine rings is 1. The highest BCUT2D eigenvalue weighted by Crippen LogP contribution is 2.21. The highest BCUT2D eigenvalue weighted by Gasteiger charge is 2.26. The molecule has 27 heavy (non-hydrogen) atoms. The predicted molar refractivity (Wildman–Crippen MR) is 104 cm³/mol. The van der Waals surface area contributed by atoms with Crippen molar-refractivity contribution in [3.8, 4) is 0 Å². The lowest BCUT2D eigenvalue weighted by molar-refractivity contribution is -0.134. The van der Waals surface area contributed by atoms with Gasteiger partial charge >= 0.3 is 0 Å². The molecule has 0 aliphatic carbocycles. The molecule has 1 aliphatic heterocycles. The summed E-state index contributed by atoms with van der Waals surface area (Å²) in [5.41, 5.74) is 1.75. The highest BCUT2D eigenvalue weighted by molar-refractivity contribution is 5.94. The van der Waals surface area contributed by atoms with Gasteiger partial charge in [-0.05, 0) is 50.8 Å². The normalized spacial score (nSPS) is 16.9. The molecule has 1 aromatic heterocycles. The third-order valence-corrected chi connectivity index (χ3v) is 5.14. The first-order chi connectivity index (χ1) is 13.1. The first-order valence-electron chi connectivity index (χ1n) is 9.75. The van der Waals surface area contributed by atoms with E-state index in [4.69, 9.17) is 0 Å². The minimum Gasteiger partial charge on any atom is -0.352 e. The number of amides is 2. The molecular formula is C21H28N4O2. The van der Waals surface area contributed by atoms with Gasteiger partial charge < -0.3 is 10.2 Å². The molecule has 0 radical (unpaired) electrons. The monoisotopic (exact) mass is 368 g/mol. The maximum absolute atomic E-state index is 12.7. The summed E-state index contributed by atoms with van der Waals surface area (Å²) in [6.45, 7) is 4.00. The van der Waals surface area contributed by atoms with Crippen LogP contribution in [0.15, 0.2) is 42.7 Å². The van der Waals surface area contributed by atoms with Crippen LogP contribution in [0.3, 0.4) is 0 Å². The summed E-state index contributed by atoms with van der Waals surface area (Å²) in [5.74, 6) is 0.000970. The molecule has 0 spiro atoms. The van der Waals surface area contributed by atoms with Gasteiger partial charge in [0.05, 0.1) is 0 Å². The van der Waals surface area contributed by atoms with Crippen LogP contribution in [0.5, 0.6) is 0 Å². The number of carbonyl (C=O) groups is 2. The molecule has 2 heterocycles. The van der Waals surface area contributed by atoms with Crippen LogP contribution in [0.1, 0.15) is 48.0 Å². The summed E-state index contributed by atoms with van der Waals surface area (Å²) >= 11 is 0. The van der Waals surface area contributed by atoms with E-state index in [1.54, 1.807) is 6.20 Å². The van der Waals surface area contributed by atoms with Crippen molar-refractivity contribution < 1.29 is 9.59 Å². The number of likely N-dealkylation sites (tertiary alicyclic amines) is 1. The number of hydrogen-bond donors (Lipinski definition) is 1. The van der Waals surface area contributed by atoms with E-state index in [1.165, 1.54) is 0 Å². The van der Waals surface area contributed by atoms with Crippen molar-refractivity contribution in [2.24, 2.45) is 0 Å². The molecule has 1 fully saturated rings. The summed E-state index contributed by atoms with van der Waals surface area (Å²) in [4.78, 5) is 26.9. The van der Waals surface area contributed by atoms with Gasteiger partial charge in [0, 0.05) is 50.1 Å². The quantitative estimate of drug-likeness (QED) is 0.817. The second-order valence-electron chi connectivity index (χ2n) is 7.17. The summed E-state index contributed by atoms with van der Waals surface area (Å²) in [7, 11) is 0. The van der Waals surface area contributed by atoms with Crippen molar-refractivity contribution in [1.82, 2.24) is 20.0 Å². The zero-order chi connectivity index (χ0) is 19.1. The number of aryl methyl sites for hydroxylation is 2. The van der Waals surface area contributed by atoms with E-state index in [0.29, 0.717) is 18.5 Å². The molecular weight excluding hydrogens is 340 g/mol. The molecule has 2 amide bonds. The first-order valence-corrected chi connectivity index (χ1v) is 9.75. The van der Waals surface area contributed by atoms with Gasteiger partial charge in [0.25, 0.3) is 5.91 Å². The van der Waals surface area contributed by atoms with Crippen LogP contribution in [0, 0.1) is 6.92 Å². The SMILES string of the molecule is Cc1ccc(C(=O)NCCC(=O)N2CCCC[C@H]2CCn2cccn2)cc1. The van der Waals surface area contributed by atoms with Crippen LogP contribution >= 0.6 is 0 Å². The van der Waals surface area contributed by atoms with Gasteiger partial charge in [-0.25, -0.2) is 0 Å². The van der Waals surface area contributed by atoms with E-state index in [2.05, 4.69) is 10.4 Å². The Morgan fingerprint density at radius 1 is 1.22 bits per heavy atom. The highest BCUT2D eigenvalue weighted by atomic mass is 16.2. The van der Waals surface area contributed by atoms with Gasteiger partial charge in [-0.1, -0.05) is 17.7 Å². The molecule has 0 bridgehead atoms. The second kappa shape index (κ2) is 9.35. The predicted octanol–water partition coefficient (Wildman–Crippen LogP) is 2.78. The number of nitrogens with one attached hydrogen (secondary N) is 1. The van der Waals surface area contributed by atoms with Gasteiger partial charge in [0.1, 0.15) is 0 Å². The van der Waals surface area contributed by atoms with Crippen LogP contribution in [-0.4, -0.2) is 45.6 Å². The molecule has 1 aliphatic rings. The Labute approximate surface area is 160 Å². The Hall–Kier alpha value is -2.63. The van der Waals surface area contributed by atoms with Gasteiger partial charge in [-0.2, -0.15) is 5.10 Å². The van der Waals surface area contributed by atoms with Crippen LogP contribution in [0.4, 0.5) is 0 Å². The van der Waals surface area contributed by atoms with E-state index in [-0.39, 0.29) is 17.9 Å². The van der Waals surface area contributed by atoms with E-state index in [0.717, 1.165) is 44.3 Å². The van der Waals surface area contributed by atoms with Crippen molar-refractivity contribution >= 4 is 11.8 Å². The minimum absolute atomic E-state index is 0.128. The van der Waals surface area contributed by atoms with Crippen molar-refractivity contribution in [3.63, 3.8) is 0 Å². The topological polar surface area (TPSA) is 67.2 Å². The fraction of sp³-hybridized carbons (Fsp3) is 0.476. The Morgan fingerprint density at radius 3 is 2.78 bits per heavy atom. The Balaban J connectivity index is 1.46. The lowest BCUT2D eigenvalue weighted by Crippen LogP contribution is -2.45. The fourth-order valence-corrected chi connectivity index (χ4v) is 3.58. The number of nitrogens with zero attached hydrogens (tertiary/aromatic N) is 3. The molecule has 3 rings (SSSR count). The molecule has 1 aromatic carbocycles. The summed E-state index contributed by atoms with van der Waals surface area (Å²) in [5, 5.41) is 7.10. The largest absolute Gasteiger partial charge is 0.352 e. The third-order valence-electron chi connectivity index (χ3n) is 5.14. The maximum atomic E-state index is 12.7. The van der Waals surface area contributed by atoms with Crippen molar-refractivity contribution in [3.05, 3.63) is 53.9 Å². The van der Waals surface area contributed by atoms with E-state index < -0.39 is 0 Å². The molecule has 6 nitrogen and oxygen atoms in total. The van der Waals surface area contributed by atoms with E-state index >= 15 is 0 Å². The summed E-state index contributed by atoms with van der Waals surface area (Å²) in [6, 6.07) is 9.63. The number of aromatic nitrogens is 2. The average Bonchev–Trinajstić information content (AvgIpc) is 3.20. The molecule has 1 atom stereocenters. The van der Waals surface area contributed by atoms with Crippen molar-refractivity contribution in [2.45, 2.75) is 51.6 Å². The van der Waals surface area contributed by atoms with E-state index in [9.17, 15) is 9.59 Å². The zero-order valence-electron chi connectivity index (χ0n) is 15.9. The summed E-state index contributed by atoms with van der Waals surface area (Å²) in [6.07, 6.45) is 8.26. The standard InChI is InChI=1S/C21H28N4O2/c1-17-6-8-18(9-7-17)21(27)22-13-10-20(26)25-15-3-2-5-19(25)11-16-24-14-4-12-23-24/h4,6-9,12,14,19H,2-3,5,10-11,13,15-16H2,1H3,(H,22,27)/t19-/m0/s1. The number of carbonyl (C=O) groups excluding carboxylic acids is 2. The van der Waals surface area contributed by atoms with Crippen LogP contribution in [0.2, 0.25) is 0 Å². The lowest BCUT2D eigenvalue weighted by atomic mass is 9.99.